The molecule has 2 aromatic rings. The molecular formula is C21H21NO4S. The molecule has 27 heavy (non-hydrogen) atoms. The molecule has 0 spiro atoms. The fourth-order valence-electron chi connectivity index (χ4n) is 2.90. The van der Waals surface area contributed by atoms with Crippen molar-refractivity contribution < 1.29 is 19.1 Å². The highest BCUT2D eigenvalue weighted by Gasteiger charge is 2.41. The van der Waals surface area contributed by atoms with Gasteiger partial charge in [0.05, 0.1) is 30.4 Å². The number of imide groups is 1. The topological polar surface area (TPSA) is 55.8 Å². The first kappa shape index (κ1) is 19.0. The zero-order valence-electron chi connectivity index (χ0n) is 15.7. The summed E-state index contributed by atoms with van der Waals surface area (Å²) < 4.78 is 10.6. The standard InChI is InChI=1S/C21H21NO4S/c1-13(2)27-19-18(14-8-6-5-7-9-14)20(23)22(21(19)24)16-12-15(25-3)10-11-17(16)26-4/h5-13H,1-4H3. The summed E-state index contributed by atoms with van der Waals surface area (Å²) >= 11 is 1.39. The lowest BCUT2D eigenvalue weighted by Gasteiger charge is -2.19. The summed E-state index contributed by atoms with van der Waals surface area (Å²) in [7, 11) is 3.04. The van der Waals surface area contributed by atoms with E-state index < -0.39 is 0 Å². The first-order valence-corrected chi connectivity index (χ1v) is 9.43. The van der Waals surface area contributed by atoms with Gasteiger partial charge in [0.2, 0.25) is 0 Å². The third-order valence-corrected chi connectivity index (χ3v) is 5.17. The molecule has 0 saturated carbocycles. The number of ether oxygens (including phenoxy) is 2. The molecule has 0 saturated heterocycles. The van der Waals surface area contributed by atoms with Gasteiger partial charge in [-0.25, -0.2) is 4.90 Å². The number of carbonyl (C=O) groups is 2. The third-order valence-electron chi connectivity index (χ3n) is 4.08. The number of nitrogens with zero attached hydrogens (tertiary/aromatic N) is 1. The summed E-state index contributed by atoms with van der Waals surface area (Å²) in [5.74, 6) is 0.267. The summed E-state index contributed by atoms with van der Waals surface area (Å²) in [5, 5.41) is 0.155. The van der Waals surface area contributed by atoms with Crippen LogP contribution in [0.1, 0.15) is 19.4 Å². The van der Waals surface area contributed by atoms with E-state index in [0.29, 0.717) is 27.7 Å². The highest BCUT2D eigenvalue weighted by atomic mass is 32.2. The summed E-state index contributed by atoms with van der Waals surface area (Å²) in [4.78, 5) is 28.2. The highest BCUT2D eigenvalue weighted by molar-refractivity contribution is 8.04. The zero-order valence-corrected chi connectivity index (χ0v) is 16.5. The molecule has 0 aromatic heterocycles. The van der Waals surface area contributed by atoms with Crippen molar-refractivity contribution in [3.05, 3.63) is 59.0 Å². The van der Waals surface area contributed by atoms with Gasteiger partial charge in [-0.3, -0.25) is 9.59 Å². The van der Waals surface area contributed by atoms with Gasteiger partial charge in [0.1, 0.15) is 11.5 Å². The molecule has 0 N–H and O–H groups in total. The van der Waals surface area contributed by atoms with E-state index in [0.717, 1.165) is 5.56 Å². The largest absolute Gasteiger partial charge is 0.497 e. The van der Waals surface area contributed by atoms with Crippen molar-refractivity contribution in [3.8, 4) is 11.5 Å². The molecule has 6 heteroatoms. The van der Waals surface area contributed by atoms with E-state index in [4.69, 9.17) is 9.47 Å². The molecule has 5 nitrogen and oxygen atoms in total. The van der Waals surface area contributed by atoms with Crippen molar-refractivity contribution in [1.82, 2.24) is 0 Å². The van der Waals surface area contributed by atoms with Gasteiger partial charge in [-0.15, -0.1) is 11.8 Å². The quantitative estimate of drug-likeness (QED) is 0.702. The number of hydrogen-bond acceptors (Lipinski definition) is 5. The molecule has 3 rings (SSSR count). The number of carbonyl (C=O) groups excluding carboxylic acids is 2. The Kier molecular flexibility index (Phi) is 5.56. The number of methoxy groups -OCH3 is 2. The van der Waals surface area contributed by atoms with Crippen molar-refractivity contribution in [3.63, 3.8) is 0 Å². The maximum Gasteiger partial charge on any atom is 0.272 e. The van der Waals surface area contributed by atoms with E-state index >= 15 is 0 Å². The van der Waals surface area contributed by atoms with Crippen LogP contribution in [0.15, 0.2) is 53.4 Å². The van der Waals surface area contributed by atoms with Crippen LogP contribution in [-0.4, -0.2) is 31.3 Å². The predicted molar refractivity (Wildman–Crippen MR) is 108 cm³/mol. The van der Waals surface area contributed by atoms with E-state index in [2.05, 4.69) is 0 Å². The molecule has 0 bridgehead atoms. The van der Waals surface area contributed by atoms with Crippen LogP contribution >= 0.6 is 11.8 Å². The maximum absolute atomic E-state index is 13.3. The first-order valence-electron chi connectivity index (χ1n) is 8.55. The molecule has 2 amide bonds. The number of anilines is 1. The Labute approximate surface area is 163 Å². The molecule has 2 aromatic carbocycles. The monoisotopic (exact) mass is 383 g/mol. The van der Waals surface area contributed by atoms with Gasteiger partial charge in [0.15, 0.2) is 0 Å². The Hall–Kier alpha value is -2.73. The number of hydrogen-bond donors (Lipinski definition) is 0. The summed E-state index contributed by atoms with van der Waals surface area (Å²) in [6, 6.07) is 14.3. The lowest BCUT2D eigenvalue weighted by molar-refractivity contribution is -0.119. The Bertz CT molecular complexity index is 906. The van der Waals surface area contributed by atoms with Gasteiger partial charge in [0.25, 0.3) is 11.8 Å². The molecular weight excluding hydrogens is 362 g/mol. The van der Waals surface area contributed by atoms with Crippen molar-refractivity contribution in [1.29, 1.82) is 0 Å². The summed E-state index contributed by atoms with van der Waals surface area (Å²) in [5.41, 5.74) is 1.52. The fraction of sp³-hybridized carbons (Fsp3) is 0.238. The van der Waals surface area contributed by atoms with Gasteiger partial charge in [-0.05, 0) is 17.7 Å². The molecule has 1 heterocycles. The molecule has 0 aliphatic carbocycles. The Morgan fingerprint density at radius 3 is 2.22 bits per heavy atom. The minimum Gasteiger partial charge on any atom is -0.497 e. The van der Waals surface area contributed by atoms with Crippen LogP contribution in [0.5, 0.6) is 11.5 Å². The van der Waals surface area contributed by atoms with Gasteiger partial charge in [0, 0.05) is 11.3 Å². The fourth-order valence-corrected chi connectivity index (χ4v) is 3.89. The second kappa shape index (κ2) is 7.88. The van der Waals surface area contributed by atoms with Crippen molar-refractivity contribution in [2.45, 2.75) is 19.1 Å². The second-order valence-corrected chi connectivity index (χ2v) is 7.81. The van der Waals surface area contributed by atoms with Crippen molar-refractivity contribution >= 4 is 34.8 Å². The minimum absolute atomic E-state index is 0.155. The number of thioether (sulfide) groups is 1. The maximum atomic E-state index is 13.3. The molecule has 1 aliphatic heterocycles. The Morgan fingerprint density at radius 2 is 1.63 bits per heavy atom. The van der Waals surface area contributed by atoms with Crippen LogP contribution in [0.3, 0.4) is 0 Å². The van der Waals surface area contributed by atoms with Crippen LogP contribution in [-0.2, 0) is 9.59 Å². The zero-order chi connectivity index (χ0) is 19.6. The van der Waals surface area contributed by atoms with E-state index in [1.807, 2.05) is 44.2 Å². The van der Waals surface area contributed by atoms with Crippen LogP contribution in [0.2, 0.25) is 0 Å². The van der Waals surface area contributed by atoms with Gasteiger partial charge in [-0.1, -0.05) is 44.2 Å². The first-order chi connectivity index (χ1) is 13.0. The molecule has 1 aliphatic rings. The van der Waals surface area contributed by atoms with E-state index in [-0.39, 0.29) is 17.1 Å². The number of benzene rings is 2. The average Bonchev–Trinajstić information content (AvgIpc) is 2.91. The number of rotatable bonds is 6. The van der Waals surface area contributed by atoms with Crippen LogP contribution in [0, 0.1) is 0 Å². The van der Waals surface area contributed by atoms with Gasteiger partial charge < -0.3 is 9.47 Å². The molecule has 140 valence electrons. The van der Waals surface area contributed by atoms with Gasteiger partial charge in [-0.2, -0.15) is 0 Å². The molecule has 0 atom stereocenters. The van der Waals surface area contributed by atoms with Crippen LogP contribution in [0.4, 0.5) is 5.69 Å². The third kappa shape index (κ3) is 3.57. The Morgan fingerprint density at radius 1 is 0.926 bits per heavy atom. The average molecular weight is 383 g/mol. The van der Waals surface area contributed by atoms with E-state index in [1.54, 1.807) is 18.2 Å². The molecule has 0 unspecified atom stereocenters. The minimum atomic E-state index is -0.360. The van der Waals surface area contributed by atoms with Gasteiger partial charge >= 0.3 is 0 Å². The SMILES string of the molecule is COc1ccc(OC)c(N2C(=O)C(SC(C)C)=C(c3ccccc3)C2=O)c1. The smallest absolute Gasteiger partial charge is 0.272 e. The molecule has 0 fully saturated rings. The Balaban J connectivity index is 2.14. The highest BCUT2D eigenvalue weighted by Crippen LogP contribution is 2.43. The molecule has 0 radical (unpaired) electrons. The van der Waals surface area contributed by atoms with E-state index in [9.17, 15) is 9.59 Å². The normalized spacial score (nSPS) is 14.3. The van der Waals surface area contributed by atoms with E-state index in [1.165, 1.54) is 30.9 Å². The second-order valence-electron chi connectivity index (χ2n) is 6.22. The van der Waals surface area contributed by atoms with Crippen molar-refractivity contribution in [2.75, 3.05) is 19.1 Å². The lowest BCUT2D eigenvalue weighted by atomic mass is 10.1. The predicted octanol–water partition coefficient (Wildman–Crippen LogP) is 4.13. The van der Waals surface area contributed by atoms with Crippen molar-refractivity contribution in [2.24, 2.45) is 0 Å². The summed E-state index contributed by atoms with van der Waals surface area (Å²) in [6.45, 7) is 3.99. The lowest BCUT2D eigenvalue weighted by Crippen LogP contribution is -2.31. The van der Waals surface area contributed by atoms with Crippen LogP contribution in [0.25, 0.3) is 5.57 Å². The van der Waals surface area contributed by atoms with Crippen LogP contribution < -0.4 is 14.4 Å². The number of amides is 2. The summed E-state index contributed by atoms with van der Waals surface area (Å²) in [6.07, 6.45) is 0.